The zero-order chi connectivity index (χ0) is 23.0. The molecule has 0 bridgehead atoms. The lowest BCUT2D eigenvalue weighted by Crippen LogP contribution is -2.10. The number of hydrogen-bond donors (Lipinski definition) is 1. The highest BCUT2D eigenvalue weighted by Crippen LogP contribution is 2.33. The zero-order valence-corrected chi connectivity index (χ0v) is 18.2. The molecule has 0 radical (unpaired) electrons. The van der Waals surface area contributed by atoms with Crippen LogP contribution in [0.15, 0.2) is 45.6 Å². The maximum absolute atomic E-state index is 12.6. The second kappa shape index (κ2) is 8.40. The number of aromatic amines is 1. The van der Waals surface area contributed by atoms with Crippen LogP contribution in [0, 0.1) is 17.0 Å². The summed E-state index contributed by atoms with van der Waals surface area (Å²) in [5.74, 6) is 0.140. The van der Waals surface area contributed by atoms with Gasteiger partial charge in [0.15, 0.2) is 5.82 Å². The lowest BCUT2D eigenvalue weighted by atomic mass is 10.1. The number of methoxy groups -OCH3 is 1. The van der Waals surface area contributed by atoms with Gasteiger partial charge >= 0.3 is 5.97 Å². The summed E-state index contributed by atoms with van der Waals surface area (Å²) in [5.41, 5.74) is 0.276. The number of thiophene rings is 1. The Kier molecular flexibility index (Phi) is 5.64. The monoisotopic (exact) mass is 471 g/mol. The highest BCUT2D eigenvalue weighted by molar-refractivity contribution is 7.20. The van der Waals surface area contributed by atoms with Crippen molar-refractivity contribution in [2.75, 3.05) is 7.11 Å². The van der Waals surface area contributed by atoms with Gasteiger partial charge in [0.25, 0.3) is 11.2 Å². The third kappa shape index (κ3) is 3.81. The Morgan fingerprint density at radius 1 is 1.31 bits per heavy atom. The number of ether oxygens (including phenoxy) is 1. The van der Waals surface area contributed by atoms with E-state index in [4.69, 9.17) is 20.8 Å². The van der Waals surface area contributed by atoms with Gasteiger partial charge in [0, 0.05) is 12.1 Å². The van der Waals surface area contributed by atoms with Crippen molar-refractivity contribution in [1.82, 2.24) is 9.97 Å². The third-order valence-corrected chi connectivity index (χ3v) is 6.11. The molecule has 0 saturated carbocycles. The highest BCUT2D eigenvalue weighted by Gasteiger charge is 2.21. The average molecular weight is 472 g/mol. The number of carbonyl (C=O) groups excluding carboxylic acids is 1. The fourth-order valence-electron chi connectivity index (χ4n) is 3.15. The molecule has 0 atom stereocenters. The van der Waals surface area contributed by atoms with Gasteiger partial charge in [-0.2, -0.15) is 0 Å². The van der Waals surface area contributed by atoms with Crippen molar-refractivity contribution in [3.05, 3.63) is 78.9 Å². The predicted octanol–water partition coefficient (Wildman–Crippen LogP) is 4.98. The van der Waals surface area contributed by atoms with Crippen LogP contribution in [0.25, 0.3) is 32.6 Å². The molecule has 162 valence electrons. The van der Waals surface area contributed by atoms with Crippen LogP contribution in [0.4, 0.5) is 5.69 Å². The van der Waals surface area contributed by atoms with Crippen molar-refractivity contribution >= 4 is 55.9 Å². The van der Waals surface area contributed by atoms with E-state index >= 15 is 0 Å². The number of H-pyrrole nitrogens is 1. The molecule has 4 rings (SSSR count). The summed E-state index contributed by atoms with van der Waals surface area (Å²) in [7, 11) is 1.26. The minimum atomic E-state index is -0.550. The Morgan fingerprint density at radius 3 is 2.78 bits per heavy atom. The summed E-state index contributed by atoms with van der Waals surface area (Å²) in [6, 6.07) is 9.38. The fraction of sp³-hybridized carbons (Fsp3) is 0.0952. The first-order valence-corrected chi connectivity index (χ1v) is 10.3. The number of aromatic nitrogens is 2. The van der Waals surface area contributed by atoms with Crippen molar-refractivity contribution in [2.24, 2.45) is 0 Å². The maximum atomic E-state index is 12.6. The van der Waals surface area contributed by atoms with E-state index in [9.17, 15) is 19.7 Å². The minimum absolute atomic E-state index is 0.0816. The number of fused-ring (bicyclic) bond motifs is 1. The van der Waals surface area contributed by atoms with Gasteiger partial charge in [-0.05, 0) is 30.7 Å². The van der Waals surface area contributed by atoms with Gasteiger partial charge in [-0.15, -0.1) is 11.3 Å². The van der Waals surface area contributed by atoms with Crippen LogP contribution in [0.2, 0.25) is 0 Å². The molecular formula is C21H14ClN3O6S. The number of nitro groups is 1. The fourth-order valence-corrected chi connectivity index (χ4v) is 4.45. The SMILES string of the molecule is COC(=O)c1sc2nc(/C(Cl)=C/c3ccc(-c4ccccc4[N+](=O)[O-])o3)[nH]c(=O)c2c1C. The molecule has 0 amide bonds. The van der Waals surface area contributed by atoms with Gasteiger partial charge in [-0.1, -0.05) is 23.7 Å². The Morgan fingerprint density at radius 2 is 2.06 bits per heavy atom. The van der Waals surface area contributed by atoms with Crippen LogP contribution in [0.5, 0.6) is 0 Å². The van der Waals surface area contributed by atoms with Crippen LogP contribution in [0.3, 0.4) is 0 Å². The first kappa shape index (κ1) is 21.5. The smallest absolute Gasteiger partial charge is 0.348 e. The van der Waals surface area contributed by atoms with Crippen LogP contribution in [0.1, 0.15) is 26.8 Å². The maximum Gasteiger partial charge on any atom is 0.348 e. The van der Waals surface area contributed by atoms with E-state index in [0.29, 0.717) is 32.9 Å². The number of para-hydroxylation sites is 1. The Balaban J connectivity index is 1.72. The van der Waals surface area contributed by atoms with Gasteiger partial charge in [0.1, 0.15) is 21.2 Å². The van der Waals surface area contributed by atoms with E-state index in [1.165, 1.54) is 19.3 Å². The van der Waals surface area contributed by atoms with Crippen molar-refractivity contribution in [3.8, 4) is 11.3 Å². The molecule has 0 aliphatic carbocycles. The highest BCUT2D eigenvalue weighted by atomic mass is 35.5. The van der Waals surface area contributed by atoms with Gasteiger partial charge in [0.05, 0.1) is 28.0 Å². The molecule has 32 heavy (non-hydrogen) atoms. The summed E-state index contributed by atoms with van der Waals surface area (Å²) >= 11 is 7.40. The lowest BCUT2D eigenvalue weighted by Gasteiger charge is -2.00. The molecule has 0 spiro atoms. The second-order valence-corrected chi connectivity index (χ2v) is 8.02. The van der Waals surface area contributed by atoms with Crippen LogP contribution >= 0.6 is 22.9 Å². The van der Waals surface area contributed by atoms with E-state index in [0.717, 1.165) is 11.3 Å². The van der Waals surface area contributed by atoms with E-state index < -0.39 is 16.5 Å². The van der Waals surface area contributed by atoms with E-state index in [1.54, 1.807) is 37.3 Å². The lowest BCUT2D eigenvalue weighted by molar-refractivity contribution is -0.384. The van der Waals surface area contributed by atoms with Crippen molar-refractivity contribution in [3.63, 3.8) is 0 Å². The Bertz CT molecular complexity index is 1470. The number of hydrogen-bond acceptors (Lipinski definition) is 8. The number of nitrogens with one attached hydrogen (secondary N) is 1. The number of rotatable bonds is 5. The van der Waals surface area contributed by atoms with E-state index in [1.807, 2.05) is 0 Å². The molecule has 0 saturated heterocycles. The molecule has 1 N–H and O–H groups in total. The number of carbonyl (C=O) groups is 1. The van der Waals surface area contributed by atoms with Crippen LogP contribution < -0.4 is 5.56 Å². The minimum Gasteiger partial charge on any atom is -0.465 e. The summed E-state index contributed by atoms with van der Waals surface area (Å²) in [4.78, 5) is 42.8. The standard InChI is InChI=1S/C21H14ClN3O6S/c1-10-16-19(26)23-18(24-20(16)32-17(10)21(27)30-2)13(22)9-11-7-8-15(31-11)12-5-3-4-6-14(12)25(28)29/h3-9H,1-2H3,(H,23,24,26)/b13-9-. The van der Waals surface area contributed by atoms with Crippen molar-refractivity contribution in [2.45, 2.75) is 6.92 Å². The third-order valence-electron chi connectivity index (χ3n) is 4.66. The van der Waals surface area contributed by atoms with Gasteiger partial charge in [0.2, 0.25) is 0 Å². The summed E-state index contributed by atoms with van der Waals surface area (Å²) < 4.78 is 10.4. The first-order valence-electron chi connectivity index (χ1n) is 9.13. The number of furan rings is 1. The Labute approximate surface area is 189 Å². The zero-order valence-electron chi connectivity index (χ0n) is 16.7. The topological polar surface area (TPSA) is 128 Å². The van der Waals surface area contributed by atoms with E-state index in [2.05, 4.69) is 9.97 Å². The largest absolute Gasteiger partial charge is 0.465 e. The molecule has 4 aromatic rings. The molecule has 0 aliphatic rings. The number of nitrogens with zero attached hydrogens (tertiary/aromatic N) is 2. The molecule has 1 aromatic carbocycles. The summed E-state index contributed by atoms with van der Waals surface area (Å²) in [5, 5.41) is 11.6. The van der Waals surface area contributed by atoms with Gasteiger partial charge in [-0.3, -0.25) is 14.9 Å². The van der Waals surface area contributed by atoms with Crippen LogP contribution in [-0.4, -0.2) is 28.0 Å². The molecular weight excluding hydrogens is 458 g/mol. The van der Waals surface area contributed by atoms with E-state index in [-0.39, 0.29) is 21.4 Å². The molecule has 3 aromatic heterocycles. The summed E-state index contributed by atoms with van der Waals surface area (Å²) in [6.45, 7) is 1.65. The normalized spacial score (nSPS) is 11.7. The molecule has 0 fully saturated rings. The quantitative estimate of drug-likeness (QED) is 0.247. The second-order valence-electron chi connectivity index (χ2n) is 6.61. The number of benzene rings is 1. The molecule has 0 aliphatic heterocycles. The number of halogens is 1. The van der Waals surface area contributed by atoms with Gasteiger partial charge in [-0.25, -0.2) is 9.78 Å². The van der Waals surface area contributed by atoms with Crippen LogP contribution in [-0.2, 0) is 4.74 Å². The Hall–Kier alpha value is -3.76. The number of nitro benzene ring substituents is 1. The predicted molar refractivity (Wildman–Crippen MR) is 121 cm³/mol. The average Bonchev–Trinajstić information content (AvgIpc) is 3.37. The molecule has 0 unspecified atom stereocenters. The van der Waals surface area contributed by atoms with Gasteiger partial charge < -0.3 is 14.1 Å². The van der Waals surface area contributed by atoms with Crippen molar-refractivity contribution < 1.29 is 18.9 Å². The van der Waals surface area contributed by atoms with Crippen molar-refractivity contribution in [1.29, 1.82) is 0 Å². The number of aryl methyl sites for hydroxylation is 1. The first-order chi connectivity index (χ1) is 15.3. The molecule has 3 heterocycles. The summed E-state index contributed by atoms with van der Waals surface area (Å²) in [6.07, 6.45) is 1.44. The molecule has 11 heteroatoms. The molecule has 9 nitrogen and oxygen atoms in total. The number of esters is 1.